The number of aromatic nitrogens is 3. The van der Waals surface area contributed by atoms with Crippen LogP contribution in [0.4, 0.5) is 5.13 Å². The van der Waals surface area contributed by atoms with Crippen LogP contribution in [0.2, 0.25) is 0 Å². The highest BCUT2D eigenvalue weighted by Crippen LogP contribution is 2.20. The predicted octanol–water partition coefficient (Wildman–Crippen LogP) is 1.67. The highest BCUT2D eigenvalue weighted by Gasteiger charge is 2.15. The summed E-state index contributed by atoms with van der Waals surface area (Å²) in [5.74, 6) is 0.0714. The molecule has 0 aliphatic carbocycles. The van der Waals surface area contributed by atoms with E-state index in [0.29, 0.717) is 22.3 Å². The number of nitrogens with zero attached hydrogens (tertiary/aromatic N) is 2. The maximum Gasteiger partial charge on any atom is 0.277 e. The van der Waals surface area contributed by atoms with Crippen molar-refractivity contribution in [1.29, 1.82) is 0 Å². The van der Waals surface area contributed by atoms with Gasteiger partial charge in [-0.3, -0.25) is 20.0 Å². The van der Waals surface area contributed by atoms with E-state index in [1.807, 2.05) is 0 Å². The number of anilines is 1. The van der Waals surface area contributed by atoms with Crippen LogP contribution in [0.3, 0.4) is 0 Å². The summed E-state index contributed by atoms with van der Waals surface area (Å²) in [6.45, 7) is 0. The zero-order valence-electron chi connectivity index (χ0n) is 12.1. The van der Waals surface area contributed by atoms with Crippen molar-refractivity contribution in [2.45, 2.75) is 6.42 Å². The average Bonchev–Trinajstić information content (AvgIpc) is 3.28. The Labute approximate surface area is 134 Å². The fraction of sp³-hybridized carbons (Fsp3) is 0.143. The number of hydrogen-bond donors (Lipinski definition) is 3. The van der Waals surface area contributed by atoms with E-state index < -0.39 is 0 Å². The summed E-state index contributed by atoms with van der Waals surface area (Å²) >= 11 is 1.25. The molecule has 0 aliphatic heterocycles. The third kappa shape index (κ3) is 3.46. The van der Waals surface area contributed by atoms with Crippen LogP contribution in [0.15, 0.2) is 34.3 Å². The molecule has 0 fully saturated rings. The van der Waals surface area contributed by atoms with Gasteiger partial charge in [-0.2, -0.15) is 5.10 Å². The number of rotatable bonds is 5. The van der Waals surface area contributed by atoms with Gasteiger partial charge >= 0.3 is 0 Å². The van der Waals surface area contributed by atoms with Crippen molar-refractivity contribution in [1.82, 2.24) is 20.5 Å². The Kier molecular flexibility index (Phi) is 4.20. The predicted molar refractivity (Wildman–Crippen MR) is 84.1 cm³/mol. The molecule has 0 atom stereocenters. The van der Waals surface area contributed by atoms with Gasteiger partial charge in [-0.25, -0.2) is 4.98 Å². The van der Waals surface area contributed by atoms with Crippen molar-refractivity contribution in [3.8, 4) is 11.5 Å². The number of thiazole rings is 1. The molecule has 2 amide bonds. The van der Waals surface area contributed by atoms with Crippen LogP contribution in [-0.4, -0.2) is 34.0 Å². The molecule has 23 heavy (non-hydrogen) atoms. The first kappa shape index (κ1) is 15.0. The molecule has 0 radical (unpaired) electrons. The molecule has 3 aromatic rings. The van der Waals surface area contributed by atoms with Crippen molar-refractivity contribution in [3.05, 3.63) is 41.2 Å². The minimum absolute atomic E-state index is 0.136. The topological polar surface area (TPSA) is 113 Å². The number of nitrogens with one attached hydrogen (secondary N) is 3. The lowest BCUT2D eigenvalue weighted by molar-refractivity contribution is -0.120. The Morgan fingerprint density at radius 2 is 2.30 bits per heavy atom. The molecule has 0 unspecified atom stereocenters. The summed E-state index contributed by atoms with van der Waals surface area (Å²) in [6.07, 6.45) is 1.72. The van der Waals surface area contributed by atoms with E-state index in [1.54, 1.807) is 36.9 Å². The molecule has 0 saturated heterocycles. The van der Waals surface area contributed by atoms with E-state index in [1.165, 1.54) is 11.3 Å². The molecule has 0 spiro atoms. The molecule has 118 valence electrons. The maximum absolute atomic E-state index is 12.1. The minimum atomic E-state index is -0.389. The number of carbonyl (C=O) groups excluding carboxylic acids is 2. The van der Waals surface area contributed by atoms with Crippen LogP contribution in [0.5, 0.6) is 0 Å². The smallest absolute Gasteiger partial charge is 0.277 e. The Hall–Kier alpha value is -2.94. The standard InChI is InChI=1S/C14H13N5O3S/c1-15-12(20)5-8-7-23-14(16-8)17-13(21)10-6-9(18-19-10)11-3-2-4-22-11/h2-4,6-7H,5H2,1H3,(H,15,20)(H,18,19)(H,16,17,21). The normalized spacial score (nSPS) is 10.5. The average molecular weight is 331 g/mol. The van der Waals surface area contributed by atoms with E-state index in [9.17, 15) is 9.59 Å². The van der Waals surface area contributed by atoms with E-state index in [4.69, 9.17) is 4.42 Å². The zero-order valence-corrected chi connectivity index (χ0v) is 12.9. The van der Waals surface area contributed by atoms with Gasteiger partial charge in [0, 0.05) is 18.5 Å². The summed E-state index contributed by atoms with van der Waals surface area (Å²) in [6, 6.07) is 5.10. The summed E-state index contributed by atoms with van der Waals surface area (Å²) in [4.78, 5) is 27.6. The highest BCUT2D eigenvalue weighted by molar-refractivity contribution is 7.14. The number of furan rings is 1. The molecule has 3 rings (SSSR count). The van der Waals surface area contributed by atoms with E-state index in [-0.39, 0.29) is 23.9 Å². The summed E-state index contributed by atoms with van der Waals surface area (Å²) in [5, 5.41) is 14.0. The lowest BCUT2D eigenvalue weighted by Crippen LogP contribution is -2.20. The molecule has 0 saturated carbocycles. The second kappa shape index (κ2) is 6.44. The second-order valence-electron chi connectivity index (χ2n) is 4.59. The van der Waals surface area contributed by atoms with Gasteiger partial charge in [0.05, 0.1) is 18.4 Å². The molecule has 3 aromatic heterocycles. The first-order chi connectivity index (χ1) is 11.2. The molecular formula is C14H13N5O3S. The number of aromatic amines is 1. The summed E-state index contributed by atoms with van der Waals surface area (Å²) in [5.41, 5.74) is 1.43. The second-order valence-corrected chi connectivity index (χ2v) is 5.45. The molecule has 3 heterocycles. The molecule has 0 bridgehead atoms. The van der Waals surface area contributed by atoms with Gasteiger partial charge in [0.25, 0.3) is 5.91 Å². The van der Waals surface area contributed by atoms with E-state index in [0.717, 1.165) is 0 Å². The number of likely N-dealkylation sites (N-methyl/N-ethyl adjacent to an activating group) is 1. The fourth-order valence-electron chi connectivity index (χ4n) is 1.86. The van der Waals surface area contributed by atoms with Crippen molar-refractivity contribution in [2.24, 2.45) is 0 Å². The first-order valence-corrected chi connectivity index (χ1v) is 7.59. The monoisotopic (exact) mass is 331 g/mol. The Balaban J connectivity index is 1.66. The minimum Gasteiger partial charge on any atom is -0.463 e. The quantitative estimate of drug-likeness (QED) is 0.658. The van der Waals surface area contributed by atoms with Gasteiger partial charge in [0.15, 0.2) is 16.6 Å². The lowest BCUT2D eigenvalue weighted by atomic mass is 10.3. The van der Waals surface area contributed by atoms with Gasteiger partial charge in [0.1, 0.15) is 5.69 Å². The van der Waals surface area contributed by atoms with Crippen LogP contribution in [0.25, 0.3) is 11.5 Å². The molecule has 0 aromatic carbocycles. The lowest BCUT2D eigenvalue weighted by Gasteiger charge is -1.97. The van der Waals surface area contributed by atoms with Crippen LogP contribution in [-0.2, 0) is 11.2 Å². The van der Waals surface area contributed by atoms with E-state index in [2.05, 4.69) is 25.8 Å². The number of H-pyrrole nitrogens is 1. The molecule has 0 aliphatic rings. The Bertz CT molecular complexity index is 821. The Morgan fingerprint density at radius 3 is 3.04 bits per heavy atom. The SMILES string of the molecule is CNC(=O)Cc1csc(NC(=O)c2cc(-c3ccco3)[nH]n2)n1. The van der Waals surface area contributed by atoms with Crippen molar-refractivity contribution < 1.29 is 14.0 Å². The van der Waals surface area contributed by atoms with Crippen molar-refractivity contribution in [2.75, 3.05) is 12.4 Å². The van der Waals surface area contributed by atoms with Crippen LogP contribution < -0.4 is 10.6 Å². The number of hydrogen-bond acceptors (Lipinski definition) is 6. The third-order valence-corrected chi connectivity index (χ3v) is 3.80. The molecular weight excluding hydrogens is 318 g/mol. The van der Waals surface area contributed by atoms with Crippen LogP contribution in [0.1, 0.15) is 16.2 Å². The van der Waals surface area contributed by atoms with Crippen molar-refractivity contribution in [3.63, 3.8) is 0 Å². The summed E-state index contributed by atoms with van der Waals surface area (Å²) in [7, 11) is 1.56. The van der Waals surface area contributed by atoms with Crippen molar-refractivity contribution >= 4 is 28.3 Å². The van der Waals surface area contributed by atoms with Gasteiger partial charge in [-0.15, -0.1) is 11.3 Å². The van der Waals surface area contributed by atoms with E-state index >= 15 is 0 Å². The summed E-state index contributed by atoms with van der Waals surface area (Å²) < 4.78 is 5.23. The highest BCUT2D eigenvalue weighted by atomic mass is 32.1. The van der Waals surface area contributed by atoms with Crippen LogP contribution in [0, 0.1) is 0 Å². The first-order valence-electron chi connectivity index (χ1n) is 6.71. The van der Waals surface area contributed by atoms with Gasteiger partial charge in [-0.05, 0) is 12.1 Å². The maximum atomic E-state index is 12.1. The van der Waals surface area contributed by atoms with Gasteiger partial charge < -0.3 is 9.73 Å². The fourth-order valence-corrected chi connectivity index (χ4v) is 2.56. The molecule has 8 nitrogen and oxygen atoms in total. The number of carbonyl (C=O) groups is 2. The zero-order chi connectivity index (χ0) is 16.2. The van der Waals surface area contributed by atoms with Crippen LogP contribution >= 0.6 is 11.3 Å². The van der Waals surface area contributed by atoms with Gasteiger partial charge in [0.2, 0.25) is 5.91 Å². The van der Waals surface area contributed by atoms with Gasteiger partial charge in [-0.1, -0.05) is 0 Å². The third-order valence-electron chi connectivity index (χ3n) is 2.99. The Morgan fingerprint density at radius 1 is 1.43 bits per heavy atom. The molecule has 3 N–H and O–H groups in total. The number of amides is 2. The molecule has 9 heteroatoms. The largest absolute Gasteiger partial charge is 0.463 e.